The van der Waals surface area contributed by atoms with Gasteiger partial charge in [-0.15, -0.1) is 0 Å². The van der Waals surface area contributed by atoms with E-state index in [2.05, 4.69) is 13.8 Å². The van der Waals surface area contributed by atoms with Crippen molar-refractivity contribution < 1.29 is 27.8 Å². The molecule has 5 rings (SSSR count). The van der Waals surface area contributed by atoms with Gasteiger partial charge in [0, 0.05) is 13.2 Å². The molecule has 37 heavy (non-hydrogen) atoms. The molecule has 3 heterocycles. The van der Waals surface area contributed by atoms with Crippen LogP contribution in [0.1, 0.15) is 67.8 Å². The summed E-state index contributed by atoms with van der Waals surface area (Å²) in [6.07, 6.45) is 2.51. The van der Waals surface area contributed by atoms with Gasteiger partial charge >= 0.3 is 0 Å². The van der Waals surface area contributed by atoms with Gasteiger partial charge in [-0.2, -0.15) is 0 Å². The molecule has 7 nitrogen and oxygen atoms in total. The first kappa shape index (κ1) is 25.3. The second-order valence-corrected chi connectivity index (χ2v) is 9.98. The molecule has 2 unspecified atom stereocenters. The minimum Gasteiger partial charge on any atom is -0.490 e. The first-order valence-corrected chi connectivity index (χ1v) is 13.0. The molecule has 2 aliphatic rings. The van der Waals surface area contributed by atoms with E-state index >= 15 is 0 Å². The number of nitrogens with zero attached hydrogens (tertiary/aromatic N) is 1. The Morgan fingerprint density at radius 3 is 2.68 bits per heavy atom. The summed E-state index contributed by atoms with van der Waals surface area (Å²) in [6, 6.07) is 8.51. The van der Waals surface area contributed by atoms with E-state index in [1.165, 1.54) is 12.1 Å². The number of carbonyl (C=O) groups is 1. The Balaban J connectivity index is 1.61. The Morgan fingerprint density at radius 1 is 1.11 bits per heavy atom. The van der Waals surface area contributed by atoms with Gasteiger partial charge in [0.15, 0.2) is 16.9 Å². The third kappa shape index (κ3) is 4.94. The summed E-state index contributed by atoms with van der Waals surface area (Å²) in [7, 11) is 0. The van der Waals surface area contributed by atoms with E-state index in [1.807, 2.05) is 25.1 Å². The van der Waals surface area contributed by atoms with E-state index in [9.17, 15) is 14.0 Å². The molecule has 0 radical (unpaired) electrons. The molecule has 0 N–H and O–H groups in total. The van der Waals surface area contributed by atoms with Gasteiger partial charge in [0.05, 0.1) is 36.3 Å². The molecule has 0 bridgehead atoms. The van der Waals surface area contributed by atoms with Gasteiger partial charge in [0.25, 0.3) is 5.91 Å². The van der Waals surface area contributed by atoms with Crippen LogP contribution in [-0.2, 0) is 4.74 Å². The van der Waals surface area contributed by atoms with Crippen LogP contribution in [0.4, 0.5) is 4.39 Å². The van der Waals surface area contributed by atoms with Gasteiger partial charge in [-0.05, 0) is 68.0 Å². The fourth-order valence-electron chi connectivity index (χ4n) is 5.02. The molecule has 3 aromatic rings. The molecule has 1 saturated heterocycles. The van der Waals surface area contributed by atoms with Gasteiger partial charge in [-0.25, -0.2) is 4.39 Å². The molecule has 0 saturated carbocycles. The van der Waals surface area contributed by atoms with Crippen molar-refractivity contribution in [3.8, 4) is 11.5 Å². The predicted molar refractivity (Wildman–Crippen MR) is 137 cm³/mol. The number of hydrogen-bond acceptors (Lipinski definition) is 6. The summed E-state index contributed by atoms with van der Waals surface area (Å²) in [5.74, 6) is 0.711. The molecule has 0 spiro atoms. The van der Waals surface area contributed by atoms with Crippen LogP contribution in [0.25, 0.3) is 11.0 Å². The molecule has 1 aromatic heterocycles. The molecule has 2 aliphatic heterocycles. The van der Waals surface area contributed by atoms with Crippen molar-refractivity contribution in [3.05, 3.63) is 69.3 Å². The van der Waals surface area contributed by atoms with Crippen molar-refractivity contribution in [1.82, 2.24) is 4.90 Å². The van der Waals surface area contributed by atoms with E-state index in [0.29, 0.717) is 49.3 Å². The normalized spacial score (nSPS) is 19.2. The topological polar surface area (TPSA) is 78.2 Å². The number of benzene rings is 2. The van der Waals surface area contributed by atoms with E-state index in [1.54, 1.807) is 4.90 Å². The first-order valence-electron chi connectivity index (χ1n) is 13.0. The summed E-state index contributed by atoms with van der Waals surface area (Å²) >= 11 is 0. The number of hydrogen-bond donors (Lipinski definition) is 0. The molecular formula is C29H32FNO6. The molecule has 1 fully saturated rings. The molecule has 8 heteroatoms. The number of fused-ring (bicyclic) bond motifs is 2. The van der Waals surface area contributed by atoms with Crippen LogP contribution in [0.15, 0.2) is 45.6 Å². The highest BCUT2D eigenvalue weighted by molar-refractivity contribution is 5.99. The Morgan fingerprint density at radius 2 is 1.95 bits per heavy atom. The second kappa shape index (κ2) is 10.5. The Bertz CT molecular complexity index is 1360. The van der Waals surface area contributed by atoms with Crippen LogP contribution in [0.2, 0.25) is 0 Å². The summed E-state index contributed by atoms with van der Waals surface area (Å²) in [5.41, 5.74) is 0.657. The third-order valence-electron chi connectivity index (χ3n) is 6.89. The average Bonchev–Trinajstić information content (AvgIpc) is 3.48. The maximum Gasteiger partial charge on any atom is 0.291 e. The highest BCUT2D eigenvalue weighted by atomic mass is 19.1. The van der Waals surface area contributed by atoms with Crippen molar-refractivity contribution in [2.75, 3.05) is 26.4 Å². The average molecular weight is 510 g/mol. The number of amides is 1. The van der Waals surface area contributed by atoms with Crippen molar-refractivity contribution in [2.24, 2.45) is 5.92 Å². The van der Waals surface area contributed by atoms with Crippen LogP contribution in [-0.4, -0.2) is 43.3 Å². The van der Waals surface area contributed by atoms with Gasteiger partial charge in [-0.1, -0.05) is 19.9 Å². The van der Waals surface area contributed by atoms with E-state index in [-0.39, 0.29) is 34.3 Å². The van der Waals surface area contributed by atoms with Gasteiger partial charge in [0.1, 0.15) is 11.4 Å². The molecule has 1 amide bonds. The van der Waals surface area contributed by atoms with Gasteiger partial charge < -0.3 is 23.5 Å². The van der Waals surface area contributed by atoms with Crippen LogP contribution < -0.4 is 14.9 Å². The monoisotopic (exact) mass is 509 g/mol. The lowest BCUT2D eigenvalue weighted by Crippen LogP contribution is -2.36. The van der Waals surface area contributed by atoms with E-state index in [4.69, 9.17) is 18.6 Å². The number of rotatable bonds is 9. The zero-order valence-corrected chi connectivity index (χ0v) is 21.4. The number of carbonyl (C=O) groups excluding carboxylic acids is 1. The summed E-state index contributed by atoms with van der Waals surface area (Å²) in [4.78, 5) is 28.9. The second-order valence-electron chi connectivity index (χ2n) is 9.98. The maximum absolute atomic E-state index is 14.0. The highest BCUT2D eigenvalue weighted by Crippen LogP contribution is 2.41. The van der Waals surface area contributed by atoms with E-state index < -0.39 is 17.3 Å². The Hall–Kier alpha value is -3.39. The van der Waals surface area contributed by atoms with Crippen molar-refractivity contribution in [1.29, 1.82) is 0 Å². The number of halogens is 1. The first-order chi connectivity index (χ1) is 17.9. The van der Waals surface area contributed by atoms with Crippen molar-refractivity contribution >= 4 is 16.9 Å². The summed E-state index contributed by atoms with van der Waals surface area (Å²) in [5, 5.41) is 0.106. The summed E-state index contributed by atoms with van der Waals surface area (Å²) < 4.78 is 37.7. The smallest absolute Gasteiger partial charge is 0.291 e. The fraction of sp³-hybridized carbons (Fsp3) is 0.448. The van der Waals surface area contributed by atoms with Crippen LogP contribution in [0, 0.1) is 11.7 Å². The predicted octanol–water partition coefficient (Wildman–Crippen LogP) is 5.48. The number of ether oxygens (including phenoxy) is 3. The summed E-state index contributed by atoms with van der Waals surface area (Å²) in [6.45, 7) is 8.08. The highest BCUT2D eigenvalue weighted by Gasteiger charge is 2.44. The SMILES string of the molecule is CCOc1cc(C2c3c(oc4ccc(F)cc4c3=O)C(=O)N2CC2CCCO2)ccc1OCCC(C)C. The Labute approximate surface area is 215 Å². The third-order valence-corrected chi connectivity index (χ3v) is 6.89. The van der Waals surface area contributed by atoms with Gasteiger partial charge in [-0.3, -0.25) is 9.59 Å². The maximum atomic E-state index is 14.0. The zero-order valence-electron chi connectivity index (χ0n) is 21.4. The van der Waals surface area contributed by atoms with Crippen molar-refractivity contribution in [3.63, 3.8) is 0 Å². The lowest BCUT2D eigenvalue weighted by Gasteiger charge is -2.28. The Kier molecular flexibility index (Phi) is 7.20. The molecule has 2 atom stereocenters. The van der Waals surface area contributed by atoms with Gasteiger partial charge in [0.2, 0.25) is 5.76 Å². The minimum atomic E-state index is -0.723. The standard InChI is InChI=1S/C29H32FNO6/c1-4-34-24-14-18(7-9-23(24)36-13-11-17(2)3)26-25-27(32)21-15-19(30)8-10-22(21)37-28(25)29(33)31(26)16-20-6-5-12-35-20/h7-10,14-15,17,20,26H,4-6,11-13,16H2,1-3H3. The van der Waals surface area contributed by atoms with Crippen LogP contribution >= 0.6 is 0 Å². The van der Waals surface area contributed by atoms with Crippen LogP contribution in [0.3, 0.4) is 0 Å². The largest absolute Gasteiger partial charge is 0.490 e. The van der Waals surface area contributed by atoms with Crippen LogP contribution in [0.5, 0.6) is 11.5 Å². The molecule has 2 aromatic carbocycles. The zero-order chi connectivity index (χ0) is 26.1. The lowest BCUT2D eigenvalue weighted by molar-refractivity contribution is 0.0486. The van der Waals surface area contributed by atoms with E-state index in [0.717, 1.165) is 25.3 Å². The minimum absolute atomic E-state index is 0.0117. The van der Waals surface area contributed by atoms with Crippen molar-refractivity contribution in [2.45, 2.75) is 52.2 Å². The lowest BCUT2D eigenvalue weighted by atomic mass is 9.97. The molecular weight excluding hydrogens is 477 g/mol. The fourth-order valence-corrected chi connectivity index (χ4v) is 5.02. The molecule has 196 valence electrons. The molecule has 0 aliphatic carbocycles. The quantitative estimate of drug-likeness (QED) is 0.380.